The Bertz CT molecular complexity index is 788. The number of ether oxygens (including phenoxy) is 4. The number of carbonyl (C=O) groups is 1. The molecule has 0 amide bonds. The Morgan fingerprint density at radius 3 is 2.45 bits per heavy atom. The van der Waals surface area contributed by atoms with Crippen molar-refractivity contribution >= 4 is 5.97 Å². The van der Waals surface area contributed by atoms with Crippen LogP contribution in [0.5, 0.6) is 11.5 Å². The highest BCUT2D eigenvalue weighted by Gasteiger charge is 2.53. The SMILES string of the molecule is O=C(O)c1cc(O[C@@H]2O[C@H](CO)[C@@H](O)[C@H](O)[C@H]2O[C@@H]2OCC(O)(CO)[C@H]2O)ccc1O. The van der Waals surface area contributed by atoms with E-state index in [1.807, 2.05) is 0 Å². The maximum atomic E-state index is 11.2. The van der Waals surface area contributed by atoms with Crippen molar-refractivity contribution in [1.82, 2.24) is 0 Å². The summed E-state index contributed by atoms with van der Waals surface area (Å²) in [6.45, 7) is -2.02. The van der Waals surface area contributed by atoms with Crippen molar-refractivity contribution in [2.45, 2.75) is 48.7 Å². The fraction of sp³-hybridized carbons (Fsp3) is 0.611. The molecule has 31 heavy (non-hydrogen) atoms. The van der Waals surface area contributed by atoms with Gasteiger partial charge in [0, 0.05) is 0 Å². The van der Waals surface area contributed by atoms with E-state index in [0.29, 0.717) is 0 Å². The molecular weight excluding hydrogens is 424 g/mol. The highest BCUT2D eigenvalue weighted by atomic mass is 16.8. The smallest absolute Gasteiger partial charge is 0.339 e. The van der Waals surface area contributed by atoms with Crippen LogP contribution in [0.4, 0.5) is 0 Å². The van der Waals surface area contributed by atoms with E-state index in [2.05, 4.69) is 0 Å². The number of aromatic hydroxyl groups is 1. The summed E-state index contributed by atoms with van der Waals surface area (Å²) >= 11 is 0. The summed E-state index contributed by atoms with van der Waals surface area (Å²) in [5, 5.41) is 78.3. The normalized spacial score (nSPS) is 38.2. The first-order valence-electron chi connectivity index (χ1n) is 9.25. The van der Waals surface area contributed by atoms with Crippen LogP contribution in [-0.4, -0.2) is 115 Å². The largest absolute Gasteiger partial charge is 0.507 e. The number of phenols is 1. The minimum atomic E-state index is -2.01. The van der Waals surface area contributed by atoms with Gasteiger partial charge in [-0.2, -0.15) is 0 Å². The Morgan fingerprint density at radius 1 is 1.16 bits per heavy atom. The van der Waals surface area contributed by atoms with Crippen molar-refractivity contribution in [3.63, 3.8) is 0 Å². The maximum absolute atomic E-state index is 11.2. The van der Waals surface area contributed by atoms with Gasteiger partial charge in [0.1, 0.15) is 47.1 Å². The zero-order valence-corrected chi connectivity index (χ0v) is 16.0. The Labute approximate surface area is 175 Å². The second kappa shape index (κ2) is 9.20. The van der Waals surface area contributed by atoms with Crippen molar-refractivity contribution in [3.05, 3.63) is 23.8 Å². The molecule has 174 valence electrons. The Kier molecular flexibility index (Phi) is 7.00. The summed E-state index contributed by atoms with van der Waals surface area (Å²) in [6, 6.07) is 3.24. The molecule has 0 radical (unpaired) electrons. The molecule has 1 aromatic carbocycles. The highest BCUT2D eigenvalue weighted by Crippen LogP contribution is 2.32. The van der Waals surface area contributed by atoms with Crippen LogP contribution in [0.15, 0.2) is 18.2 Å². The average molecular weight is 448 g/mol. The van der Waals surface area contributed by atoms with Gasteiger partial charge in [-0.1, -0.05) is 0 Å². The van der Waals surface area contributed by atoms with E-state index in [4.69, 9.17) is 24.1 Å². The van der Waals surface area contributed by atoms with Gasteiger partial charge < -0.3 is 59.8 Å². The number of hydrogen-bond acceptors (Lipinski definition) is 12. The fourth-order valence-electron chi connectivity index (χ4n) is 3.25. The molecule has 0 spiro atoms. The second-order valence-corrected chi connectivity index (χ2v) is 7.30. The number of aliphatic hydroxyl groups excluding tert-OH is 5. The van der Waals surface area contributed by atoms with Gasteiger partial charge in [-0.25, -0.2) is 4.79 Å². The van der Waals surface area contributed by atoms with Crippen LogP contribution in [-0.2, 0) is 14.2 Å². The number of aromatic carboxylic acids is 1. The Morgan fingerprint density at radius 2 is 1.87 bits per heavy atom. The number of aliphatic hydroxyl groups is 6. The van der Waals surface area contributed by atoms with Gasteiger partial charge in [0.15, 0.2) is 12.4 Å². The van der Waals surface area contributed by atoms with E-state index in [1.54, 1.807) is 0 Å². The number of carboxylic acids is 1. The van der Waals surface area contributed by atoms with E-state index < -0.39 is 85.8 Å². The molecular formula is C18H24O13. The van der Waals surface area contributed by atoms with Crippen molar-refractivity contribution in [2.75, 3.05) is 19.8 Å². The third-order valence-electron chi connectivity index (χ3n) is 5.15. The van der Waals surface area contributed by atoms with Gasteiger partial charge in [0.25, 0.3) is 0 Å². The highest BCUT2D eigenvalue weighted by molar-refractivity contribution is 5.91. The van der Waals surface area contributed by atoms with Crippen LogP contribution in [0.1, 0.15) is 10.4 Å². The molecule has 2 heterocycles. The molecule has 2 fully saturated rings. The lowest BCUT2D eigenvalue weighted by Gasteiger charge is -2.42. The molecule has 8 N–H and O–H groups in total. The first kappa shape index (κ1) is 23.6. The van der Waals surface area contributed by atoms with Crippen molar-refractivity contribution < 1.29 is 64.6 Å². The topological polar surface area (TPSA) is 216 Å². The molecule has 0 bridgehead atoms. The lowest BCUT2D eigenvalue weighted by atomic mass is 9.98. The molecule has 0 aromatic heterocycles. The summed E-state index contributed by atoms with van der Waals surface area (Å²) < 4.78 is 21.6. The first-order valence-corrected chi connectivity index (χ1v) is 9.25. The molecule has 13 nitrogen and oxygen atoms in total. The molecule has 8 atom stereocenters. The summed E-state index contributed by atoms with van der Waals surface area (Å²) in [6.07, 6.45) is -11.0. The van der Waals surface area contributed by atoms with Gasteiger partial charge in [-0.15, -0.1) is 0 Å². The molecule has 1 aromatic rings. The van der Waals surface area contributed by atoms with Crippen LogP contribution in [0.2, 0.25) is 0 Å². The lowest BCUT2D eigenvalue weighted by Crippen LogP contribution is -2.62. The van der Waals surface area contributed by atoms with Crippen LogP contribution >= 0.6 is 0 Å². The zero-order chi connectivity index (χ0) is 22.9. The van der Waals surface area contributed by atoms with Crippen molar-refractivity contribution in [2.24, 2.45) is 0 Å². The third kappa shape index (κ3) is 4.59. The number of rotatable bonds is 7. The van der Waals surface area contributed by atoms with Gasteiger partial charge in [-0.05, 0) is 18.2 Å². The summed E-state index contributed by atoms with van der Waals surface area (Å²) in [5.74, 6) is -2.07. The van der Waals surface area contributed by atoms with Crippen LogP contribution < -0.4 is 4.74 Å². The van der Waals surface area contributed by atoms with Crippen LogP contribution in [0.25, 0.3) is 0 Å². The quantitative estimate of drug-likeness (QED) is 0.206. The van der Waals surface area contributed by atoms with E-state index in [0.717, 1.165) is 12.1 Å². The number of carboxylic acid groups (broad SMARTS) is 1. The lowest BCUT2D eigenvalue weighted by molar-refractivity contribution is -0.318. The van der Waals surface area contributed by atoms with E-state index in [-0.39, 0.29) is 5.75 Å². The van der Waals surface area contributed by atoms with Gasteiger partial charge >= 0.3 is 5.97 Å². The third-order valence-corrected chi connectivity index (χ3v) is 5.15. The van der Waals surface area contributed by atoms with E-state index in [1.165, 1.54) is 6.07 Å². The molecule has 1 unspecified atom stereocenters. The zero-order valence-electron chi connectivity index (χ0n) is 16.0. The van der Waals surface area contributed by atoms with Gasteiger partial charge in [-0.3, -0.25) is 0 Å². The maximum Gasteiger partial charge on any atom is 0.339 e. The summed E-state index contributed by atoms with van der Waals surface area (Å²) in [7, 11) is 0. The van der Waals surface area contributed by atoms with Crippen LogP contribution in [0.3, 0.4) is 0 Å². The molecule has 13 heteroatoms. The number of benzene rings is 1. The molecule has 0 aliphatic carbocycles. The predicted molar refractivity (Wildman–Crippen MR) is 96.1 cm³/mol. The van der Waals surface area contributed by atoms with Crippen molar-refractivity contribution in [1.29, 1.82) is 0 Å². The van der Waals surface area contributed by atoms with Crippen LogP contribution in [0, 0.1) is 0 Å². The first-order chi connectivity index (χ1) is 14.6. The number of hydrogen-bond donors (Lipinski definition) is 8. The second-order valence-electron chi connectivity index (χ2n) is 7.30. The molecule has 2 saturated heterocycles. The summed E-state index contributed by atoms with van der Waals surface area (Å²) in [4.78, 5) is 11.2. The molecule has 3 rings (SSSR count). The molecule has 2 aliphatic rings. The van der Waals surface area contributed by atoms with Gasteiger partial charge in [0.2, 0.25) is 6.29 Å². The predicted octanol–water partition coefficient (Wildman–Crippen LogP) is -3.27. The Hall–Kier alpha value is -2.07. The monoisotopic (exact) mass is 448 g/mol. The molecule has 2 aliphatic heterocycles. The fourth-order valence-corrected chi connectivity index (χ4v) is 3.25. The average Bonchev–Trinajstić information content (AvgIpc) is 3.03. The summed E-state index contributed by atoms with van der Waals surface area (Å²) in [5.41, 5.74) is -2.49. The Balaban J connectivity index is 1.84. The van der Waals surface area contributed by atoms with E-state index in [9.17, 15) is 40.5 Å². The standard InChI is InChI=1S/C18H24O13/c19-4-10-11(22)12(23)13(31-17-14(24)18(27,5-20)6-28-17)16(30-10)29-7-1-2-9(21)8(3-7)15(25)26/h1-3,10-14,16-17,19-24,27H,4-6H2,(H,25,26)/t10-,11-,12+,13-,14+,16-,17+,18?/m1/s1. The minimum absolute atomic E-state index is 0.117. The van der Waals surface area contributed by atoms with Crippen molar-refractivity contribution in [3.8, 4) is 11.5 Å². The minimum Gasteiger partial charge on any atom is -0.507 e. The van der Waals surface area contributed by atoms with E-state index >= 15 is 0 Å². The van der Waals surface area contributed by atoms with Gasteiger partial charge in [0.05, 0.1) is 19.8 Å². The molecule has 0 saturated carbocycles.